The van der Waals surface area contributed by atoms with Crippen molar-refractivity contribution in [2.24, 2.45) is 0 Å². The third kappa shape index (κ3) is 20.2. The molecule has 0 unspecified atom stereocenters. The third-order valence-corrected chi connectivity index (χ3v) is 8.92. The van der Waals surface area contributed by atoms with E-state index in [1.54, 1.807) is 48.5 Å². The Labute approximate surface area is 309 Å². The van der Waals surface area contributed by atoms with Gasteiger partial charge in [0.2, 0.25) is 0 Å². The number of hydrogen-bond donors (Lipinski definition) is 4. The molecule has 4 aromatic carbocycles. The molecule has 4 N–H and O–H groups in total. The van der Waals surface area contributed by atoms with E-state index >= 15 is 0 Å². The van der Waals surface area contributed by atoms with Gasteiger partial charge in [0.25, 0.3) is 0 Å². The Hall–Kier alpha value is -4.38. The average Bonchev–Trinajstić information content (AvgIpc) is 3.13. The highest BCUT2D eigenvalue weighted by Crippen LogP contribution is 2.28. The van der Waals surface area contributed by atoms with Crippen LogP contribution in [0.2, 0.25) is 0 Å². The Morgan fingerprint density at radius 2 is 0.980 bits per heavy atom. The maximum atomic E-state index is 9.25. The number of rotatable bonds is 16. The number of aromatic hydroxyl groups is 4. The molecule has 4 rings (SSSR count). The third-order valence-electron chi connectivity index (χ3n) is 8.92. The lowest BCUT2D eigenvalue weighted by atomic mass is 9.82. The van der Waals surface area contributed by atoms with Gasteiger partial charge < -0.3 is 25.2 Å². The van der Waals surface area contributed by atoms with E-state index in [0.717, 1.165) is 31.2 Å². The van der Waals surface area contributed by atoms with Crippen molar-refractivity contribution in [3.05, 3.63) is 126 Å². The Morgan fingerprint density at radius 1 is 0.569 bits per heavy atom. The van der Waals surface area contributed by atoms with Crippen LogP contribution in [0.5, 0.6) is 28.7 Å². The van der Waals surface area contributed by atoms with E-state index in [4.69, 9.17) is 20.1 Å². The van der Waals surface area contributed by atoms with Crippen molar-refractivity contribution in [2.75, 3.05) is 7.11 Å². The predicted molar refractivity (Wildman–Crippen MR) is 217 cm³/mol. The van der Waals surface area contributed by atoms with Crippen LogP contribution in [0.25, 0.3) is 0 Å². The van der Waals surface area contributed by atoms with Gasteiger partial charge in [0.05, 0.1) is 7.11 Å². The first-order chi connectivity index (χ1) is 24.5. The Morgan fingerprint density at radius 3 is 1.39 bits per heavy atom. The zero-order chi connectivity index (χ0) is 37.9. The minimum Gasteiger partial charge on any atom is -0.508 e. The fourth-order valence-electron chi connectivity index (χ4n) is 5.15. The van der Waals surface area contributed by atoms with Crippen molar-refractivity contribution in [2.45, 2.75) is 124 Å². The van der Waals surface area contributed by atoms with Gasteiger partial charge in [-0.3, -0.25) is 0 Å². The Bertz CT molecular complexity index is 1440. The van der Waals surface area contributed by atoms with Gasteiger partial charge in [0.1, 0.15) is 17.2 Å². The number of aryl methyl sites for hydroxylation is 2. The Kier molecular flexibility index (Phi) is 23.1. The van der Waals surface area contributed by atoms with Crippen molar-refractivity contribution < 1.29 is 25.2 Å². The second-order valence-electron chi connectivity index (χ2n) is 13.6. The number of phenolic OH excluding ortho intramolecular Hbond substituents is 4. The summed E-state index contributed by atoms with van der Waals surface area (Å²) < 4.78 is 4.95. The molecule has 0 fully saturated rings. The lowest BCUT2D eigenvalue weighted by Crippen LogP contribution is -2.14. The van der Waals surface area contributed by atoms with Crippen molar-refractivity contribution in [3.8, 4) is 28.7 Å². The molecule has 0 aliphatic rings. The lowest BCUT2D eigenvalue weighted by Gasteiger charge is -2.22. The van der Waals surface area contributed by atoms with E-state index in [-0.39, 0.29) is 11.2 Å². The monoisotopic (exact) mass is 698 g/mol. The number of phenols is 4. The summed E-state index contributed by atoms with van der Waals surface area (Å²) in [6.45, 7) is 14.7. The number of unbranched alkanes of at least 4 members (excludes halogenated alkanes) is 7. The largest absolute Gasteiger partial charge is 0.508 e. The summed E-state index contributed by atoms with van der Waals surface area (Å²) in [5, 5.41) is 36.5. The maximum Gasteiger partial charge on any atom is 0.160 e. The van der Waals surface area contributed by atoms with Crippen molar-refractivity contribution in [1.29, 1.82) is 0 Å². The van der Waals surface area contributed by atoms with Crippen LogP contribution in [0.3, 0.4) is 0 Å². The van der Waals surface area contributed by atoms with E-state index < -0.39 is 0 Å². The fraction of sp³-hybridized carbons (Fsp3) is 0.435. The van der Waals surface area contributed by atoms with Crippen molar-refractivity contribution in [3.63, 3.8) is 0 Å². The Balaban J connectivity index is 0.000000341. The topological polar surface area (TPSA) is 90.2 Å². The molecule has 0 heterocycles. The van der Waals surface area contributed by atoms with Gasteiger partial charge in [-0.2, -0.15) is 0 Å². The standard InChI is InChI=1S/C13H20O.C12H18O.C11H16O.C10H12O2/c1-2-3-4-5-6-7-12-8-10-13(14)11-9-12;1-2-3-4-5-6-11-7-9-12(13)10-8-11;1-4-11(2,3)9-5-7-10(12)8-6-9;1-3-4-8-5-6-9(11)10(7-8)12-2/h8-11,14H,2-7H2,1H3;7-10,13H,2-6H2,1H3;5-8,12H,4H2,1-3H3;3,5-7,11H,1,4H2,2H3. The molecule has 0 atom stereocenters. The van der Waals surface area contributed by atoms with E-state index in [9.17, 15) is 5.11 Å². The summed E-state index contributed by atoms with van der Waals surface area (Å²) >= 11 is 0. The van der Waals surface area contributed by atoms with E-state index in [1.807, 2.05) is 48.5 Å². The first kappa shape index (κ1) is 44.6. The van der Waals surface area contributed by atoms with Crippen molar-refractivity contribution in [1.82, 2.24) is 0 Å². The normalized spacial score (nSPS) is 10.4. The van der Waals surface area contributed by atoms with Gasteiger partial charge in [0.15, 0.2) is 11.5 Å². The molecular weight excluding hydrogens is 633 g/mol. The van der Waals surface area contributed by atoms with Gasteiger partial charge in [-0.25, -0.2) is 0 Å². The SMILES string of the molecule is C=CCc1ccc(O)c(OC)c1.CCC(C)(C)c1ccc(O)cc1.CCCCCCCc1ccc(O)cc1.CCCCCCc1ccc(O)cc1. The molecule has 5 heteroatoms. The van der Waals surface area contributed by atoms with E-state index in [1.165, 1.54) is 81.6 Å². The van der Waals surface area contributed by atoms with Gasteiger partial charge in [-0.15, -0.1) is 6.58 Å². The van der Waals surface area contributed by atoms with Crippen molar-refractivity contribution >= 4 is 0 Å². The summed E-state index contributed by atoms with van der Waals surface area (Å²) in [7, 11) is 1.53. The van der Waals surface area contributed by atoms with E-state index in [2.05, 4.69) is 41.2 Å². The van der Waals surface area contributed by atoms with E-state index in [0.29, 0.717) is 23.0 Å². The van der Waals surface area contributed by atoms with Crippen LogP contribution in [0.15, 0.2) is 104 Å². The highest BCUT2D eigenvalue weighted by atomic mass is 16.5. The minimum absolute atomic E-state index is 0.172. The molecule has 0 aliphatic heterocycles. The molecule has 4 aromatic rings. The average molecular weight is 699 g/mol. The van der Waals surface area contributed by atoms with Gasteiger partial charge in [-0.1, -0.05) is 128 Å². The molecule has 51 heavy (non-hydrogen) atoms. The zero-order valence-corrected chi connectivity index (χ0v) is 32.3. The van der Waals surface area contributed by atoms with Crippen LogP contribution in [0, 0.1) is 0 Å². The molecule has 0 amide bonds. The van der Waals surface area contributed by atoms with Crippen LogP contribution in [0.1, 0.15) is 121 Å². The molecule has 0 spiro atoms. The zero-order valence-electron chi connectivity index (χ0n) is 32.3. The number of benzene rings is 4. The van der Waals surface area contributed by atoms with Gasteiger partial charge in [-0.05, 0) is 115 Å². The molecule has 280 valence electrons. The van der Waals surface area contributed by atoms with Crippen LogP contribution < -0.4 is 4.74 Å². The highest BCUT2D eigenvalue weighted by molar-refractivity contribution is 5.42. The molecule has 0 bridgehead atoms. The molecule has 0 radical (unpaired) electrons. The summed E-state index contributed by atoms with van der Waals surface area (Å²) in [6, 6.07) is 27.8. The maximum absolute atomic E-state index is 9.25. The van der Waals surface area contributed by atoms with Crippen LogP contribution in [-0.2, 0) is 24.7 Å². The quantitative estimate of drug-likeness (QED) is 0.0691. The first-order valence-corrected chi connectivity index (χ1v) is 18.8. The predicted octanol–water partition coefficient (Wildman–Crippen LogP) is 12.6. The van der Waals surface area contributed by atoms with Crippen LogP contribution >= 0.6 is 0 Å². The number of methoxy groups -OCH3 is 1. The molecular formula is C46H66O5. The van der Waals surface area contributed by atoms with Crippen LogP contribution in [0.4, 0.5) is 0 Å². The summed E-state index contributed by atoms with van der Waals surface area (Å²) in [5.41, 5.74) is 5.24. The second kappa shape index (κ2) is 26.4. The number of ether oxygens (including phenoxy) is 1. The van der Waals surface area contributed by atoms with Gasteiger partial charge >= 0.3 is 0 Å². The molecule has 0 aromatic heterocycles. The smallest absolute Gasteiger partial charge is 0.160 e. The minimum atomic E-state index is 0.172. The second-order valence-corrected chi connectivity index (χ2v) is 13.6. The van der Waals surface area contributed by atoms with Crippen LogP contribution in [-0.4, -0.2) is 27.5 Å². The first-order valence-electron chi connectivity index (χ1n) is 18.8. The molecule has 5 nitrogen and oxygen atoms in total. The molecule has 0 saturated heterocycles. The lowest BCUT2D eigenvalue weighted by molar-refractivity contribution is 0.373. The fourth-order valence-corrected chi connectivity index (χ4v) is 5.15. The highest BCUT2D eigenvalue weighted by Gasteiger charge is 2.17. The summed E-state index contributed by atoms with van der Waals surface area (Å²) in [4.78, 5) is 0. The number of hydrogen-bond acceptors (Lipinski definition) is 5. The van der Waals surface area contributed by atoms with Gasteiger partial charge in [0, 0.05) is 0 Å². The summed E-state index contributed by atoms with van der Waals surface area (Å²) in [6.07, 6.45) is 17.8. The molecule has 0 aliphatic carbocycles. The summed E-state index contributed by atoms with van der Waals surface area (Å²) in [5.74, 6) is 1.74. The molecule has 0 saturated carbocycles. The number of allylic oxidation sites excluding steroid dienone is 1.